The van der Waals surface area contributed by atoms with Gasteiger partial charge in [-0.3, -0.25) is 9.98 Å². The van der Waals surface area contributed by atoms with Crippen LogP contribution in [0.4, 0.5) is 0 Å². The van der Waals surface area contributed by atoms with Gasteiger partial charge in [0.05, 0.1) is 24.1 Å². The van der Waals surface area contributed by atoms with E-state index in [1.54, 1.807) is 7.05 Å². The standard InChI is InChI=1S/C21H41N5/c1-8-10-11-12-21(22)26-19(14-16(3)4)17(5)25-15-20(23-7)18(6)24-13-9-2/h16,19,24-25H,5-6,8-15H2,1-4,7H3,(H2,22,26)/t19-/m0/s1. The smallest absolute Gasteiger partial charge is 0.0945 e. The molecule has 0 aromatic heterocycles. The van der Waals surface area contributed by atoms with Crippen molar-refractivity contribution in [3.8, 4) is 0 Å². The van der Waals surface area contributed by atoms with E-state index >= 15 is 0 Å². The van der Waals surface area contributed by atoms with Crippen molar-refractivity contribution < 1.29 is 0 Å². The van der Waals surface area contributed by atoms with E-state index in [2.05, 4.69) is 56.5 Å². The van der Waals surface area contributed by atoms with E-state index in [1.165, 1.54) is 12.8 Å². The van der Waals surface area contributed by atoms with Gasteiger partial charge < -0.3 is 16.4 Å². The summed E-state index contributed by atoms with van der Waals surface area (Å²) in [4.78, 5) is 9.08. The molecule has 5 heteroatoms. The third-order valence-electron chi connectivity index (χ3n) is 4.14. The van der Waals surface area contributed by atoms with E-state index in [0.717, 1.165) is 55.2 Å². The third-order valence-corrected chi connectivity index (χ3v) is 4.14. The van der Waals surface area contributed by atoms with Crippen LogP contribution < -0.4 is 16.4 Å². The number of hydrogen-bond donors (Lipinski definition) is 3. The molecule has 0 amide bonds. The largest absolute Gasteiger partial charge is 0.387 e. The highest BCUT2D eigenvalue weighted by molar-refractivity contribution is 6.00. The molecule has 0 aliphatic carbocycles. The van der Waals surface area contributed by atoms with Crippen LogP contribution in [-0.2, 0) is 0 Å². The minimum atomic E-state index is -0.00778. The summed E-state index contributed by atoms with van der Waals surface area (Å²) in [7, 11) is 1.79. The second kappa shape index (κ2) is 14.4. The van der Waals surface area contributed by atoms with E-state index < -0.39 is 0 Å². The second-order valence-corrected chi connectivity index (χ2v) is 7.18. The van der Waals surface area contributed by atoms with Gasteiger partial charge in [0.25, 0.3) is 0 Å². The summed E-state index contributed by atoms with van der Waals surface area (Å²) in [6.07, 6.45) is 6.30. The van der Waals surface area contributed by atoms with Gasteiger partial charge >= 0.3 is 0 Å². The number of amidine groups is 1. The average Bonchev–Trinajstić information content (AvgIpc) is 2.59. The molecule has 5 nitrogen and oxygen atoms in total. The first-order valence-corrected chi connectivity index (χ1v) is 9.99. The van der Waals surface area contributed by atoms with Gasteiger partial charge in [0, 0.05) is 31.4 Å². The Bertz CT molecular complexity index is 477. The van der Waals surface area contributed by atoms with Crippen LogP contribution in [0.1, 0.15) is 66.2 Å². The van der Waals surface area contributed by atoms with Crippen molar-refractivity contribution in [1.29, 1.82) is 0 Å². The van der Waals surface area contributed by atoms with Crippen molar-refractivity contribution in [2.75, 3.05) is 20.1 Å². The number of rotatable bonds is 15. The van der Waals surface area contributed by atoms with Crippen LogP contribution in [0.2, 0.25) is 0 Å². The Morgan fingerprint density at radius 1 is 1.08 bits per heavy atom. The van der Waals surface area contributed by atoms with Crippen molar-refractivity contribution in [3.63, 3.8) is 0 Å². The van der Waals surface area contributed by atoms with Crippen LogP contribution in [0.5, 0.6) is 0 Å². The van der Waals surface area contributed by atoms with Crippen LogP contribution in [0, 0.1) is 5.92 Å². The molecule has 1 atom stereocenters. The fourth-order valence-electron chi connectivity index (χ4n) is 2.55. The molecule has 0 bridgehead atoms. The van der Waals surface area contributed by atoms with Gasteiger partial charge in [-0.2, -0.15) is 0 Å². The Kier molecular flexibility index (Phi) is 13.4. The van der Waals surface area contributed by atoms with Gasteiger partial charge in [0.2, 0.25) is 0 Å². The first-order chi connectivity index (χ1) is 12.3. The number of hydrogen-bond acceptors (Lipinski definition) is 4. The molecule has 0 aliphatic rings. The molecule has 150 valence electrons. The number of aliphatic imine (C=N–C) groups is 2. The van der Waals surface area contributed by atoms with Gasteiger partial charge in [-0.25, -0.2) is 0 Å². The lowest BCUT2D eigenvalue weighted by atomic mass is 10.0. The second-order valence-electron chi connectivity index (χ2n) is 7.18. The molecular weight excluding hydrogens is 322 g/mol. The lowest BCUT2D eigenvalue weighted by molar-refractivity contribution is 0.519. The van der Waals surface area contributed by atoms with Crippen molar-refractivity contribution in [2.24, 2.45) is 21.6 Å². The van der Waals surface area contributed by atoms with E-state index in [1.807, 2.05) is 0 Å². The zero-order valence-corrected chi connectivity index (χ0v) is 17.7. The summed E-state index contributed by atoms with van der Waals surface area (Å²) in [5.41, 5.74) is 8.80. The van der Waals surface area contributed by atoms with Gasteiger partial charge in [-0.05, 0) is 25.2 Å². The van der Waals surface area contributed by atoms with E-state index in [9.17, 15) is 0 Å². The quantitative estimate of drug-likeness (QED) is 0.234. The van der Waals surface area contributed by atoms with Crippen molar-refractivity contribution in [2.45, 2.75) is 72.3 Å². The van der Waals surface area contributed by atoms with Gasteiger partial charge in [0.1, 0.15) is 0 Å². The SMILES string of the molecule is C=C(NCCC)C(CNC(=C)[C@H](CC(C)C)N=C(N)CCCCC)=NC. The number of nitrogens with two attached hydrogens (primary N) is 1. The number of nitrogens with zero attached hydrogens (tertiary/aromatic N) is 2. The maximum absolute atomic E-state index is 6.15. The minimum Gasteiger partial charge on any atom is -0.387 e. The van der Waals surface area contributed by atoms with Crippen molar-refractivity contribution in [3.05, 3.63) is 24.6 Å². The van der Waals surface area contributed by atoms with Gasteiger partial charge in [-0.1, -0.05) is 53.7 Å². The average molecular weight is 364 g/mol. The Morgan fingerprint density at radius 3 is 2.31 bits per heavy atom. The van der Waals surface area contributed by atoms with E-state index in [0.29, 0.717) is 12.5 Å². The topological polar surface area (TPSA) is 74.8 Å². The normalized spacial score (nSPS) is 13.6. The Labute approximate surface area is 161 Å². The highest BCUT2D eigenvalue weighted by Gasteiger charge is 2.15. The molecule has 26 heavy (non-hydrogen) atoms. The first kappa shape index (κ1) is 24.2. The molecule has 0 saturated carbocycles. The Balaban J connectivity index is 4.81. The van der Waals surface area contributed by atoms with Gasteiger partial charge in [0.15, 0.2) is 0 Å². The lowest BCUT2D eigenvalue weighted by Crippen LogP contribution is -2.33. The molecular formula is C21H41N5. The summed E-state index contributed by atoms with van der Waals surface area (Å²) < 4.78 is 0. The molecule has 0 aliphatic heterocycles. The van der Waals surface area contributed by atoms with Crippen LogP contribution >= 0.6 is 0 Å². The highest BCUT2D eigenvalue weighted by Crippen LogP contribution is 2.14. The summed E-state index contributed by atoms with van der Waals surface area (Å²) in [5, 5.41) is 6.67. The van der Waals surface area contributed by atoms with Crippen LogP contribution in [0.25, 0.3) is 0 Å². The Morgan fingerprint density at radius 2 is 1.77 bits per heavy atom. The van der Waals surface area contributed by atoms with Crippen molar-refractivity contribution in [1.82, 2.24) is 10.6 Å². The summed E-state index contributed by atoms with van der Waals surface area (Å²) in [5.74, 6) is 1.25. The molecule has 0 spiro atoms. The summed E-state index contributed by atoms with van der Waals surface area (Å²) in [6.45, 7) is 18.5. The zero-order chi connectivity index (χ0) is 19.9. The maximum Gasteiger partial charge on any atom is 0.0945 e. The van der Waals surface area contributed by atoms with Crippen LogP contribution in [-0.4, -0.2) is 37.7 Å². The predicted molar refractivity (Wildman–Crippen MR) is 117 cm³/mol. The molecule has 0 rings (SSSR count). The number of unbranched alkanes of at least 4 members (excludes halogenated alkanes) is 2. The fraction of sp³-hybridized carbons (Fsp3) is 0.714. The predicted octanol–water partition coefficient (Wildman–Crippen LogP) is 4.03. The molecule has 0 fully saturated rings. The monoisotopic (exact) mass is 363 g/mol. The molecule has 0 heterocycles. The van der Waals surface area contributed by atoms with Crippen LogP contribution in [0.15, 0.2) is 34.5 Å². The zero-order valence-electron chi connectivity index (χ0n) is 17.7. The fourth-order valence-corrected chi connectivity index (χ4v) is 2.55. The molecule has 0 aromatic carbocycles. The first-order valence-electron chi connectivity index (χ1n) is 9.99. The van der Waals surface area contributed by atoms with Gasteiger partial charge in [-0.15, -0.1) is 0 Å². The maximum atomic E-state index is 6.15. The molecule has 4 N–H and O–H groups in total. The van der Waals surface area contributed by atoms with E-state index in [-0.39, 0.29) is 6.04 Å². The molecule has 0 saturated heterocycles. The van der Waals surface area contributed by atoms with E-state index in [4.69, 9.17) is 10.7 Å². The lowest BCUT2D eigenvalue weighted by Gasteiger charge is -2.21. The third kappa shape index (κ3) is 11.0. The molecule has 0 aromatic rings. The minimum absolute atomic E-state index is 0.00778. The van der Waals surface area contributed by atoms with Crippen molar-refractivity contribution >= 4 is 11.5 Å². The van der Waals surface area contributed by atoms with Crippen LogP contribution in [0.3, 0.4) is 0 Å². The highest BCUT2D eigenvalue weighted by atomic mass is 15.0. The summed E-state index contributed by atoms with van der Waals surface area (Å²) >= 11 is 0. The number of nitrogens with one attached hydrogen (secondary N) is 2. The summed E-state index contributed by atoms with van der Waals surface area (Å²) in [6, 6.07) is -0.00778. The molecule has 0 radical (unpaired) electrons. The Hall–Kier alpha value is -1.78. The molecule has 0 unspecified atom stereocenters.